The minimum atomic E-state index is -5.62. The maximum absolute atomic E-state index is 13.7. The topological polar surface area (TPSA) is 29.1 Å². The van der Waals surface area contributed by atoms with Crippen LogP contribution in [0.3, 0.4) is 0 Å². The average molecular weight is 359 g/mol. The Hall–Kier alpha value is -1.80. The lowest BCUT2D eigenvalue weighted by atomic mass is 9.81. The molecule has 1 amide bonds. The number of amides is 1. The highest BCUT2D eigenvalue weighted by atomic mass is 19.4. The van der Waals surface area contributed by atoms with Gasteiger partial charge in [-0.3, -0.25) is 4.79 Å². The number of hydrogen-bond acceptors (Lipinski definition) is 1. The molecule has 1 aromatic carbocycles. The van der Waals surface area contributed by atoms with Crippen LogP contribution in [0.4, 0.5) is 36.4 Å². The van der Waals surface area contributed by atoms with E-state index in [1.807, 2.05) is 0 Å². The molecule has 0 fully saturated rings. The predicted octanol–water partition coefficient (Wildman–Crippen LogP) is 5.42. The molecule has 1 aromatic rings. The molecule has 0 aliphatic carbocycles. The summed E-state index contributed by atoms with van der Waals surface area (Å²) in [7, 11) is 0. The molecule has 0 aromatic heterocycles. The monoisotopic (exact) mass is 359 g/mol. The molecular formula is C15H16F7NO. The smallest absolute Gasteiger partial charge is 0.321 e. The van der Waals surface area contributed by atoms with Gasteiger partial charge < -0.3 is 5.32 Å². The summed E-state index contributed by atoms with van der Waals surface area (Å²) in [5, 5.41) is 1.63. The normalized spacial score (nSPS) is 12.4. The van der Waals surface area contributed by atoms with E-state index in [-0.39, 0.29) is 6.42 Å². The predicted molar refractivity (Wildman–Crippen MR) is 73.2 cm³/mol. The second kappa shape index (κ2) is 6.98. The summed E-state index contributed by atoms with van der Waals surface area (Å²) in [5.41, 5.74) is -4.78. The van der Waals surface area contributed by atoms with E-state index in [1.54, 1.807) is 26.1 Å². The van der Waals surface area contributed by atoms with Gasteiger partial charge in [-0.1, -0.05) is 33.6 Å². The number of carbonyl (C=O) groups is 1. The molecule has 0 aliphatic heterocycles. The van der Waals surface area contributed by atoms with Crippen molar-refractivity contribution < 1.29 is 35.5 Å². The van der Waals surface area contributed by atoms with E-state index in [9.17, 15) is 35.5 Å². The SMILES string of the molecule is CCC(C)(CC)CC(=O)Nc1c(F)c(F)c(C(F)(F)F)c(F)c1F. The third-order valence-corrected chi connectivity index (χ3v) is 4.11. The first-order valence-electron chi connectivity index (χ1n) is 7.11. The summed E-state index contributed by atoms with van der Waals surface area (Å²) in [4.78, 5) is 11.8. The van der Waals surface area contributed by atoms with E-state index in [1.165, 1.54) is 0 Å². The highest BCUT2D eigenvalue weighted by Crippen LogP contribution is 2.39. The van der Waals surface area contributed by atoms with Gasteiger partial charge in [0.25, 0.3) is 0 Å². The molecule has 0 radical (unpaired) electrons. The third kappa shape index (κ3) is 3.99. The number of benzene rings is 1. The maximum Gasteiger partial charge on any atom is 0.422 e. The quantitative estimate of drug-likeness (QED) is 0.552. The second-order valence-corrected chi connectivity index (χ2v) is 5.75. The maximum atomic E-state index is 13.7. The van der Waals surface area contributed by atoms with Gasteiger partial charge in [-0.25, -0.2) is 17.6 Å². The summed E-state index contributed by atoms with van der Waals surface area (Å²) < 4.78 is 91.8. The molecule has 0 heterocycles. The molecule has 0 spiro atoms. The Morgan fingerprint density at radius 2 is 1.33 bits per heavy atom. The number of hydrogen-bond donors (Lipinski definition) is 1. The minimum Gasteiger partial charge on any atom is -0.321 e. The summed E-state index contributed by atoms with van der Waals surface area (Å²) in [6.45, 7) is 5.26. The van der Waals surface area contributed by atoms with E-state index in [0.29, 0.717) is 12.8 Å². The number of nitrogens with one attached hydrogen (secondary N) is 1. The summed E-state index contributed by atoms with van der Waals surface area (Å²) in [5.74, 6) is -10.8. The highest BCUT2D eigenvalue weighted by molar-refractivity contribution is 5.91. The Labute approximate surface area is 134 Å². The first-order valence-corrected chi connectivity index (χ1v) is 7.11. The molecule has 0 saturated heterocycles. The van der Waals surface area contributed by atoms with Crippen LogP contribution in [0.1, 0.15) is 45.6 Å². The second-order valence-electron chi connectivity index (χ2n) is 5.75. The molecule has 0 bridgehead atoms. The van der Waals surface area contributed by atoms with Gasteiger partial charge in [0.05, 0.1) is 0 Å². The van der Waals surface area contributed by atoms with Crippen LogP contribution < -0.4 is 5.32 Å². The Kier molecular flexibility index (Phi) is 5.89. The number of anilines is 1. The van der Waals surface area contributed by atoms with Crippen LogP contribution in [0.15, 0.2) is 0 Å². The molecule has 1 N–H and O–H groups in total. The van der Waals surface area contributed by atoms with Gasteiger partial charge >= 0.3 is 6.18 Å². The van der Waals surface area contributed by atoms with Gasteiger partial charge in [-0.15, -0.1) is 0 Å². The Bertz CT molecular complexity index is 607. The molecule has 0 atom stereocenters. The number of halogens is 7. The summed E-state index contributed by atoms with van der Waals surface area (Å²) >= 11 is 0. The average Bonchev–Trinajstić information content (AvgIpc) is 2.48. The fraction of sp³-hybridized carbons (Fsp3) is 0.533. The van der Waals surface area contributed by atoms with Gasteiger partial charge in [0.2, 0.25) is 5.91 Å². The van der Waals surface area contributed by atoms with Crippen LogP contribution in [-0.2, 0) is 11.0 Å². The van der Waals surface area contributed by atoms with Crippen molar-refractivity contribution in [3.63, 3.8) is 0 Å². The molecule has 1 rings (SSSR count). The van der Waals surface area contributed by atoms with Gasteiger partial charge in [-0.05, 0) is 5.41 Å². The first kappa shape index (κ1) is 20.2. The summed E-state index contributed by atoms with van der Waals surface area (Å²) in [6.07, 6.45) is -4.76. The van der Waals surface area contributed by atoms with Gasteiger partial charge in [0.1, 0.15) is 11.3 Å². The molecule has 9 heteroatoms. The third-order valence-electron chi connectivity index (χ3n) is 4.11. The van der Waals surface area contributed by atoms with E-state index in [0.717, 1.165) is 0 Å². The lowest BCUT2D eigenvalue weighted by molar-refractivity contribution is -0.143. The zero-order chi connectivity index (χ0) is 18.9. The van der Waals surface area contributed by atoms with E-state index in [2.05, 4.69) is 0 Å². The lowest BCUT2D eigenvalue weighted by Crippen LogP contribution is -2.25. The van der Waals surface area contributed by atoms with E-state index < -0.39 is 52.0 Å². The molecule has 0 saturated carbocycles. The Morgan fingerprint density at radius 1 is 0.917 bits per heavy atom. The largest absolute Gasteiger partial charge is 0.422 e. The van der Waals surface area contributed by atoms with Crippen molar-refractivity contribution in [3.05, 3.63) is 28.8 Å². The highest BCUT2D eigenvalue weighted by Gasteiger charge is 2.42. The standard InChI is InChI=1S/C15H16F7NO/c1-4-14(3,5-2)6-7(24)23-13-11(18)9(16)8(15(20,21)22)10(17)12(13)19/h4-6H2,1-3H3,(H,23,24). The first-order chi connectivity index (χ1) is 10.9. The van der Waals surface area contributed by atoms with Crippen LogP contribution in [0.5, 0.6) is 0 Å². The lowest BCUT2D eigenvalue weighted by Gasteiger charge is -2.25. The van der Waals surface area contributed by atoms with Crippen LogP contribution >= 0.6 is 0 Å². The van der Waals surface area contributed by atoms with Gasteiger partial charge in [-0.2, -0.15) is 13.2 Å². The van der Waals surface area contributed by atoms with Crippen LogP contribution in [0.2, 0.25) is 0 Å². The van der Waals surface area contributed by atoms with Crippen molar-refractivity contribution in [1.82, 2.24) is 0 Å². The zero-order valence-corrected chi connectivity index (χ0v) is 13.2. The van der Waals surface area contributed by atoms with Crippen LogP contribution in [0, 0.1) is 28.7 Å². The Morgan fingerprint density at radius 3 is 1.67 bits per heavy atom. The van der Waals surface area contributed by atoms with Gasteiger partial charge in [0, 0.05) is 6.42 Å². The molecule has 136 valence electrons. The number of carbonyl (C=O) groups excluding carboxylic acids is 1. The fourth-order valence-electron chi connectivity index (χ4n) is 2.06. The molecular weight excluding hydrogens is 343 g/mol. The van der Waals surface area contributed by atoms with Crippen molar-refractivity contribution in [2.24, 2.45) is 5.41 Å². The number of alkyl halides is 3. The number of rotatable bonds is 5. The molecule has 2 nitrogen and oxygen atoms in total. The van der Waals surface area contributed by atoms with E-state index in [4.69, 9.17) is 0 Å². The van der Waals surface area contributed by atoms with E-state index >= 15 is 0 Å². The molecule has 0 aliphatic rings. The van der Waals surface area contributed by atoms with Crippen molar-refractivity contribution in [2.75, 3.05) is 5.32 Å². The zero-order valence-electron chi connectivity index (χ0n) is 13.2. The van der Waals surface area contributed by atoms with Crippen molar-refractivity contribution in [1.29, 1.82) is 0 Å². The van der Waals surface area contributed by atoms with Crippen molar-refractivity contribution in [3.8, 4) is 0 Å². The van der Waals surface area contributed by atoms with Crippen molar-refractivity contribution in [2.45, 2.75) is 46.2 Å². The summed E-state index contributed by atoms with van der Waals surface area (Å²) in [6, 6.07) is 0. The molecule has 24 heavy (non-hydrogen) atoms. The fourth-order valence-corrected chi connectivity index (χ4v) is 2.06. The van der Waals surface area contributed by atoms with Crippen LogP contribution in [0.25, 0.3) is 0 Å². The Balaban J connectivity index is 3.26. The van der Waals surface area contributed by atoms with Crippen molar-refractivity contribution >= 4 is 11.6 Å². The van der Waals surface area contributed by atoms with Gasteiger partial charge in [0.15, 0.2) is 23.3 Å². The van der Waals surface area contributed by atoms with Crippen LogP contribution in [-0.4, -0.2) is 5.91 Å². The molecule has 0 unspecified atom stereocenters. The minimum absolute atomic E-state index is 0.219.